The second-order valence-electron chi connectivity index (χ2n) is 4.24. The molecule has 1 aromatic rings. The van der Waals surface area contributed by atoms with Gasteiger partial charge in [-0.25, -0.2) is 0 Å². The molecule has 1 aliphatic heterocycles. The zero-order valence-corrected chi connectivity index (χ0v) is 10.5. The summed E-state index contributed by atoms with van der Waals surface area (Å²) in [4.78, 5) is 0. The first-order valence-electron chi connectivity index (χ1n) is 6.12. The fourth-order valence-electron chi connectivity index (χ4n) is 2.05. The van der Waals surface area contributed by atoms with Crippen molar-refractivity contribution in [2.45, 2.75) is 25.4 Å². The summed E-state index contributed by atoms with van der Waals surface area (Å²) in [5.74, 6) is 1.35. The molecule has 1 heterocycles. The van der Waals surface area contributed by atoms with Gasteiger partial charge in [0.25, 0.3) is 0 Å². The predicted octanol–water partition coefficient (Wildman–Crippen LogP) is 2.32. The van der Waals surface area contributed by atoms with Crippen LogP contribution in [0.3, 0.4) is 0 Å². The Labute approximate surface area is 107 Å². The largest absolute Gasteiger partial charge is 0.493 e. The molecule has 18 heavy (non-hydrogen) atoms. The molecule has 0 N–H and O–H groups in total. The third kappa shape index (κ3) is 2.93. The van der Waals surface area contributed by atoms with Crippen LogP contribution in [0, 0.1) is 11.3 Å². The van der Waals surface area contributed by atoms with E-state index >= 15 is 0 Å². The van der Waals surface area contributed by atoms with Gasteiger partial charge < -0.3 is 14.2 Å². The van der Waals surface area contributed by atoms with Gasteiger partial charge >= 0.3 is 0 Å². The molecule has 1 aromatic carbocycles. The van der Waals surface area contributed by atoms with E-state index in [1.165, 1.54) is 0 Å². The van der Waals surface area contributed by atoms with E-state index in [1.54, 1.807) is 7.11 Å². The first-order valence-corrected chi connectivity index (χ1v) is 6.12. The highest BCUT2D eigenvalue weighted by Gasteiger charge is 2.19. The summed E-state index contributed by atoms with van der Waals surface area (Å²) in [6, 6.07) is 7.76. The van der Waals surface area contributed by atoms with Gasteiger partial charge in [-0.3, -0.25) is 0 Å². The normalized spacial score (nSPS) is 19.0. The summed E-state index contributed by atoms with van der Waals surface area (Å²) >= 11 is 0. The van der Waals surface area contributed by atoms with Gasteiger partial charge in [-0.15, -0.1) is 0 Å². The molecule has 4 heteroatoms. The molecule has 1 atom stereocenters. The van der Waals surface area contributed by atoms with Gasteiger partial charge in [-0.2, -0.15) is 5.26 Å². The molecule has 0 aliphatic carbocycles. The highest BCUT2D eigenvalue weighted by Crippen LogP contribution is 2.33. The van der Waals surface area contributed by atoms with Crippen molar-refractivity contribution in [3.05, 3.63) is 23.8 Å². The van der Waals surface area contributed by atoms with Gasteiger partial charge in [0.15, 0.2) is 11.5 Å². The van der Waals surface area contributed by atoms with Crippen LogP contribution in [0.15, 0.2) is 18.2 Å². The molecule has 0 saturated carbocycles. The number of hydrogen-bond acceptors (Lipinski definition) is 4. The van der Waals surface area contributed by atoms with Gasteiger partial charge in [-0.05, 0) is 18.9 Å². The SMILES string of the molecule is COc1cccc(CC#N)c1OC1CCCOC1. The van der Waals surface area contributed by atoms with Gasteiger partial charge in [0.1, 0.15) is 6.10 Å². The van der Waals surface area contributed by atoms with E-state index in [0.717, 1.165) is 25.0 Å². The number of nitrogens with zero attached hydrogens (tertiary/aromatic N) is 1. The van der Waals surface area contributed by atoms with Crippen molar-refractivity contribution in [2.75, 3.05) is 20.3 Å². The van der Waals surface area contributed by atoms with Crippen LogP contribution in [0.1, 0.15) is 18.4 Å². The Morgan fingerprint density at radius 2 is 2.39 bits per heavy atom. The minimum absolute atomic E-state index is 0.0486. The Morgan fingerprint density at radius 3 is 3.06 bits per heavy atom. The molecule has 4 nitrogen and oxygen atoms in total. The molecule has 0 amide bonds. The third-order valence-corrected chi connectivity index (χ3v) is 2.95. The highest BCUT2D eigenvalue weighted by molar-refractivity contribution is 5.47. The van der Waals surface area contributed by atoms with Crippen molar-refractivity contribution >= 4 is 0 Å². The molecular weight excluding hydrogens is 230 g/mol. The maximum Gasteiger partial charge on any atom is 0.165 e. The smallest absolute Gasteiger partial charge is 0.165 e. The van der Waals surface area contributed by atoms with Crippen molar-refractivity contribution in [1.29, 1.82) is 5.26 Å². The van der Waals surface area contributed by atoms with Gasteiger partial charge in [0.2, 0.25) is 0 Å². The van der Waals surface area contributed by atoms with Crippen molar-refractivity contribution in [2.24, 2.45) is 0 Å². The molecule has 96 valence electrons. The lowest BCUT2D eigenvalue weighted by Gasteiger charge is -2.25. The lowest BCUT2D eigenvalue weighted by Crippen LogP contribution is -2.28. The number of nitriles is 1. The molecule has 0 aromatic heterocycles. The quantitative estimate of drug-likeness (QED) is 0.819. The number of methoxy groups -OCH3 is 1. The van der Waals surface area contributed by atoms with Crippen molar-refractivity contribution in [3.63, 3.8) is 0 Å². The monoisotopic (exact) mass is 247 g/mol. The van der Waals surface area contributed by atoms with Crippen LogP contribution in [0.25, 0.3) is 0 Å². The average Bonchev–Trinajstić information content (AvgIpc) is 2.42. The molecule has 1 unspecified atom stereocenters. The second-order valence-corrected chi connectivity index (χ2v) is 4.24. The molecule has 0 bridgehead atoms. The van der Waals surface area contributed by atoms with Crippen LogP contribution in [0.4, 0.5) is 0 Å². The summed E-state index contributed by atoms with van der Waals surface area (Å²) in [5, 5.41) is 8.84. The zero-order valence-electron chi connectivity index (χ0n) is 10.5. The van der Waals surface area contributed by atoms with E-state index in [-0.39, 0.29) is 6.10 Å². The molecule has 1 saturated heterocycles. The fraction of sp³-hybridized carbons (Fsp3) is 0.500. The summed E-state index contributed by atoms with van der Waals surface area (Å²) in [6.45, 7) is 1.40. The van der Waals surface area contributed by atoms with Crippen LogP contribution in [0.2, 0.25) is 0 Å². The first-order chi connectivity index (χ1) is 8.85. The van der Waals surface area contributed by atoms with E-state index in [4.69, 9.17) is 19.5 Å². The topological polar surface area (TPSA) is 51.5 Å². The van der Waals surface area contributed by atoms with Gasteiger partial charge in [0.05, 0.1) is 26.2 Å². The second kappa shape index (κ2) is 6.27. The van der Waals surface area contributed by atoms with Gasteiger partial charge in [0, 0.05) is 12.2 Å². The van der Waals surface area contributed by atoms with E-state index < -0.39 is 0 Å². The minimum atomic E-state index is 0.0486. The van der Waals surface area contributed by atoms with Crippen LogP contribution < -0.4 is 9.47 Å². The minimum Gasteiger partial charge on any atom is -0.493 e. The van der Waals surface area contributed by atoms with Crippen LogP contribution in [0.5, 0.6) is 11.5 Å². The number of benzene rings is 1. The predicted molar refractivity (Wildman–Crippen MR) is 66.8 cm³/mol. The van der Waals surface area contributed by atoms with E-state index in [2.05, 4.69) is 6.07 Å². The maximum atomic E-state index is 8.84. The van der Waals surface area contributed by atoms with E-state index in [1.807, 2.05) is 18.2 Å². The zero-order chi connectivity index (χ0) is 12.8. The molecule has 0 spiro atoms. The lowest BCUT2D eigenvalue weighted by molar-refractivity contribution is 0.00610. The Hall–Kier alpha value is -1.73. The number of ether oxygens (including phenoxy) is 3. The average molecular weight is 247 g/mol. The molecule has 1 aliphatic rings. The standard InChI is InChI=1S/C14H17NO3/c1-16-13-6-2-4-11(7-8-15)14(13)18-12-5-3-9-17-10-12/h2,4,6,12H,3,5,7,9-10H2,1H3. The number of hydrogen-bond donors (Lipinski definition) is 0. The van der Waals surface area contributed by atoms with Gasteiger partial charge in [-0.1, -0.05) is 12.1 Å². The molecule has 1 fully saturated rings. The van der Waals surface area contributed by atoms with Crippen molar-refractivity contribution < 1.29 is 14.2 Å². The maximum absolute atomic E-state index is 8.84. The van der Waals surface area contributed by atoms with Crippen LogP contribution in [-0.2, 0) is 11.2 Å². The Balaban J connectivity index is 2.20. The molecule has 0 radical (unpaired) electrons. The third-order valence-electron chi connectivity index (χ3n) is 2.95. The summed E-state index contributed by atoms with van der Waals surface area (Å²) < 4.78 is 16.7. The fourth-order valence-corrected chi connectivity index (χ4v) is 2.05. The summed E-state index contributed by atoms with van der Waals surface area (Å²) in [6.07, 6.45) is 2.35. The Kier molecular flexibility index (Phi) is 4.43. The molecule has 2 rings (SSSR count). The number of para-hydroxylation sites is 1. The van der Waals surface area contributed by atoms with E-state index in [9.17, 15) is 0 Å². The van der Waals surface area contributed by atoms with Crippen LogP contribution >= 0.6 is 0 Å². The lowest BCUT2D eigenvalue weighted by atomic mass is 10.1. The Morgan fingerprint density at radius 1 is 1.50 bits per heavy atom. The summed E-state index contributed by atoms with van der Waals surface area (Å²) in [7, 11) is 1.61. The van der Waals surface area contributed by atoms with Crippen molar-refractivity contribution in [1.82, 2.24) is 0 Å². The van der Waals surface area contributed by atoms with Crippen LogP contribution in [-0.4, -0.2) is 26.4 Å². The van der Waals surface area contributed by atoms with Crippen molar-refractivity contribution in [3.8, 4) is 17.6 Å². The number of rotatable bonds is 4. The summed E-state index contributed by atoms with van der Waals surface area (Å²) in [5.41, 5.74) is 0.863. The highest BCUT2D eigenvalue weighted by atomic mass is 16.5. The Bertz CT molecular complexity index is 433. The molecular formula is C14H17NO3. The van der Waals surface area contributed by atoms with E-state index in [0.29, 0.717) is 24.5 Å². The first kappa shape index (κ1) is 12.7.